The predicted molar refractivity (Wildman–Crippen MR) is 228 cm³/mol. The standard InChI is InChI=1S/C46H47ClN6O8/c1-27-33-12-14-37(41(27)47)59-32(23-53-19-17-52(2)18-20-53)25-57-31-11-13-35(58-24-30-15-16-48-43(51-30)34-9-4-5-10-36(34)56-3)29(21-31)22-38(46(54)55)60-44-40-39(33)42(28-7-6-8-28)61-45(40)50-26-49-44/h4-5,9-16,21,26,28,32,38H,6-8,17-20,22-25H2,1-3H3,(H,54,55)/t32-,38-/m1/s1. The van der Waals surface area contributed by atoms with Crippen molar-refractivity contribution in [2.45, 2.75) is 57.3 Å². The van der Waals surface area contributed by atoms with Crippen molar-refractivity contribution in [3.8, 4) is 51.4 Å². The Labute approximate surface area is 358 Å². The Morgan fingerprint density at radius 1 is 0.967 bits per heavy atom. The van der Waals surface area contributed by atoms with Crippen LogP contribution in [0.3, 0.4) is 0 Å². The van der Waals surface area contributed by atoms with Gasteiger partial charge in [-0.3, -0.25) is 4.90 Å². The van der Waals surface area contributed by atoms with Crippen LogP contribution in [0.25, 0.3) is 33.6 Å². The van der Waals surface area contributed by atoms with E-state index in [-0.39, 0.29) is 31.4 Å². The molecule has 6 aromatic rings. The van der Waals surface area contributed by atoms with Crippen molar-refractivity contribution < 1.29 is 38.0 Å². The molecule has 1 N–H and O–H groups in total. The van der Waals surface area contributed by atoms with Crippen molar-refractivity contribution in [2.24, 2.45) is 0 Å². The number of ether oxygens (including phenoxy) is 5. The molecular formula is C46H47ClN6O8. The number of carboxylic acid groups (broad SMARTS) is 1. The number of methoxy groups -OCH3 is 1. The molecule has 0 amide bonds. The third kappa shape index (κ3) is 8.52. The molecule has 1 saturated heterocycles. The minimum Gasteiger partial charge on any atom is -0.496 e. The van der Waals surface area contributed by atoms with Crippen LogP contribution in [0.2, 0.25) is 5.02 Å². The van der Waals surface area contributed by atoms with E-state index in [1.165, 1.54) is 6.33 Å². The maximum Gasteiger partial charge on any atom is 0.345 e. The number of hydrogen-bond acceptors (Lipinski definition) is 13. The lowest BCUT2D eigenvalue weighted by Crippen LogP contribution is -2.49. The van der Waals surface area contributed by atoms with E-state index in [1.807, 2.05) is 43.3 Å². The summed E-state index contributed by atoms with van der Waals surface area (Å²) < 4.78 is 38.1. The van der Waals surface area contributed by atoms with Crippen molar-refractivity contribution in [1.82, 2.24) is 29.7 Å². The van der Waals surface area contributed by atoms with Gasteiger partial charge in [0.2, 0.25) is 17.7 Å². The van der Waals surface area contributed by atoms with Crippen LogP contribution in [0, 0.1) is 6.92 Å². The summed E-state index contributed by atoms with van der Waals surface area (Å²) in [5.41, 5.74) is 4.54. The Kier molecular flexibility index (Phi) is 11.6. The van der Waals surface area contributed by atoms with E-state index in [9.17, 15) is 9.90 Å². The summed E-state index contributed by atoms with van der Waals surface area (Å²) in [7, 11) is 3.73. The summed E-state index contributed by atoms with van der Waals surface area (Å²) in [6.45, 7) is 6.52. The number of rotatable bonds is 9. The summed E-state index contributed by atoms with van der Waals surface area (Å²) in [5, 5.41) is 11.7. The second-order valence-electron chi connectivity index (χ2n) is 15.8. The zero-order chi connectivity index (χ0) is 42.0. The zero-order valence-electron chi connectivity index (χ0n) is 34.3. The summed E-state index contributed by atoms with van der Waals surface area (Å²) >= 11 is 7.20. The minimum atomic E-state index is -1.39. The number of piperazine rings is 1. The Hall–Kier alpha value is -5.96. The molecule has 15 heteroatoms. The fourth-order valence-electron chi connectivity index (χ4n) is 8.12. The first kappa shape index (κ1) is 40.4. The van der Waals surface area contributed by atoms with Crippen LogP contribution in [-0.2, 0) is 17.8 Å². The van der Waals surface area contributed by atoms with E-state index >= 15 is 0 Å². The molecule has 316 valence electrons. The van der Waals surface area contributed by atoms with E-state index in [1.54, 1.807) is 37.6 Å². The van der Waals surface area contributed by atoms with Gasteiger partial charge in [-0.05, 0) is 80.4 Å². The van der Waals surface area contributed by atoms with Gasteiger partial charge in [0.1, 0.15) is 59.8 Å². The van der Waals surface area contributed by atoms with Crippen molar-refractivity contribution in [2.75, 3.05) is 53.5 Å². The highest BCUT2D eigenvalue weighted by Gasteiger charge is 2.34. The molecule has 1 aliphatic carbocycles. The molecule has 2 atom stereocenters. The molecule has 0 spiro atoms. The van der Waals surface area contributed by atoms with Crippen molar-refractivity contribution in [3.05, 3.63) is 101 Å². The quantitative estimate of drug-likeness (QED) is 0.152. The van der Waals surface area contributed by atoms with Gasteiger partial charge in [-0.25, -0.2) is 24.7 Å². The number of aromatic nitrogens is 4. The van der Waals surface area contributed by atoms with Crippen LogP contribution in [0.4, 0.5) is 0 Å². The topological polar surface area (TPSA) is 155 Å². The Morgan fingerprint density at radius 3 is 2.59 bits per heavy atom. The highest BCUT2D eigenvalue weighted by molar-refractivity contribution is 6.33. The fraction of sp³-hybridized carbons (Fsp3) is 0.370. The maximum absolute atomic E-state index is 13.2. The smallest absolute Gasteiger partial charge is 0.345 e. The third-order valence-corrected chi connectivity index (χ3v) is 12.2. The summed E-state index contributed by atoms with van der Waals surface area (Å²) in [6.07, 6.45) is 4.10. The van der Waals surface area contributed by atoms with Crippen LogP contribution in [0.15, 0.2) is 77.6 Å². The second-order valence-corrected chi connectivity index (χ2v) is 16.2. The number of likely N-dealkylation sites (N-methyl/N-ethyl adjacent to an activating group) is 1. The predicted octanol–water partition coefficient (Wildman–Crippen LogP) is 7.63. The molecule has 1 saturated carbocycles. The molecule has 0 radical (unpaired) electrons. The lowest BCUT2D eigenvalue weighted by molar-refractivity contribution is -0.145. The number of carbonyl (C=O) groups is 1. The van der Waals surface area contributed by atoms with Gasteiger partial charge in [0, 0.05) is 62.4 Å². The molecule has 0 unspecified atom stereocenters. The molecule has 61 heavy (non-hydrogen) atoms. The van der Waals surface area contributed by atoms with E-state index in [4.69, 9.17) is 44.7 Å². The summed E-state index contributed by atoms with van der Waals surface area (Å²) in [5.74, 6) is 2.43. The maximum atomic E-state index is 13.2. The zero-order valence-corrected chi connectivity index (χ0v) is 35.1. The van der Waals surface area contributed by atoms with Gasteiger partial charge in [-0.15, -0.1) is 0 Å². The number of nitrogens with zero attached hydrogens (tertiary/aromatic N) is 6. The first-order valence-corrected chi connectivity index (χ1v) is 21.0. The molecule has 14 nitrogen and oxygen atoms in total. The number of carboxylic acids is 1. The Morgan fingerprint density at radius 2 is 1.80 bits per heavy atom. The number of fused-ring (bicyclic) bond motifs is 7. The molecule has 6 heterocycles. The van der Waals surface area contributed by atoms with Gasteiger partial charge in [-0.2, -0.15) is 0 Å². The van der Waals surface area contributed by atoms with Crippen molar-refractivity contribution >= 4 is 28.7 Å². The SMILES string of the molecule is COc1ccccc1-c1nccc(COc2ccc3cc2C[C@H](C(=O)O)Oc2ncnc4oc(C5CCC5)c(c24)-c2ccc(c(Cl)c2C)O[C@H](CN2CCN(C)CC2)CO3)n1. The van der Waals surface area contributed by atoms with E-state index in [2.05, 4.69) is 31.8 Å². The lowest BCUT2D eigenvalue weighted by atomic mass is 9.80. The lowest BCUT2D eigenvalue weighted by Gasteiger charge is -2.34. The average molecular weight is 847 g/mol. The molecule has 3 aromatic carbocycles. The van der Waals surface area contributed by atoms with Crippen LogP contribution < -0.4 is 23.7 Å². The molecule has 10 rings (SSSR count). The van der Waals surface area contributed by atoms with Crippen LogP contribution in [0.1, 0.15) is 47.8 Å². The van der Waals surface area contributed by atoms with Gasteiger partial charge < -0.3 is 38.1 Å². The van der Waals surface area contributed by atoms with Crippen LogP contribution in [0.5, 0.6) is 28.9 Å². The third-order valence-electron chi connectivity index (χ3n) is 11.8. The van der Waals surface area contributed by atoms with Gasteiger partial charge in [0.25, 0.3) is 0 Å². The molecular weight excluding hydrogens is 800 g/mol. The van der Waals surface area contributed by atoms with Gasteiger partial charge >= 0.3 is 5.97 Å². The Balaban J connectivity index is 1.11. The van der Waals surface area contributed by atoms with Gasteiger partial charge in [-0.1, -0.05) is 36.2 Å². The summed E-state index contributed by atoms with van der Waals surface area (Å²) in [6, 6.07) is 18.5. The number of aliphatic carboxylic acids is 1. The van der Waals surface area contributed by atoms with E-state index in [0.717, 1.165) is 73.5 Å². The fourth-order valence-corrected chi connectivity index (χ4v) is 8.33. The monoisotopic (exact) mass is 846 g/mol. The highest BCUT2D eigenvalue weighted by Crippen LogP contribution is 2.49. The molecule has 4 bridgehead atoms. The number of halogens is 1. The first-order chi connectivity index (χ1) is 29.7. The minimum absolute atomic E-state index is 0.0730. The highest BCUT2D eigenvalue weighted by atomic mass is 35.5. The second kappa shape index (κ2) is 17.6. The largest absolute Gasteiger partial charge is 0.496 e. The van der Waals surface area contributed by atoms with Crippen LogP contribution >= 0.6 is 11.6 Å². The van der Waals surface area contributed by atoms with E-state index < -0.39 is 18.2 Å². The number of furan rings is 1. The van der Waals surface area contributed by atoms with Gasteiger partial charge in [0.15, 0.2) is 5.82 Å². The normalized spacial score (nSPS) is 18.7. The number of hydrogen-bond donors (Lipinski definition) is 1. The van der Waals surface area contributed by atoms with Crippen molar-refractivity contribution in [3.63, 3.8) is 0 Å². The summed E-state index contributed by atoms with van der Waals surface area (Å²) in [4.78, 5) is 36.1. The first-order valence-electron chi connectivity index (χ1n) is 20.6. The van der Waals surface area contributed by atoms with Crippen LogP contribution in [-0.4, -0.2) is 107 Å². The van der Waals surface area contributed by atoms with Crippen molar-refractivity contribution in [1.29, 1.82) is 0 Å². The van der Waals surface area contributed by atoms with Gasteiger partial charge in [0.05, 0.1) is 23.4 Å². The number of para-hydroxylation sites is 1. The molecule has 2 fully saturated rings. The Bertz CT molecular complexity index is 2560. The average Bonchev–Trinajstić information content (AvgIpc) is 3.62. The molecule has 3 aliphatic heterocycles. The molecule has 3 aromatic heterocycles. The number of benzene rings is 3. The molecule has 4 aliphatic rings. The van der Waals surface area contributed by atoms with E-state index in [0.29, 0.717) is 62.7 Å².